The molecule has 2 aliphatic rings. The van der Waals surface area contributed by atoms with E-state index < -0.39 is 9.84 Å². The zero-order valence-electron chi connectivity index (χ0n) is 13.7. The van der Waals surface area contributed by atoms with Crippen molar-refractivity contribution in [3.05, 3.63) is 36.0 Å². The highest BCUT2D eigenvalue weighted by molar-refractivity contribution is 7.91. The number of para-hydroxylation sites is 1. The van der Waals surface area contributed by atoms with Crippen LogP contribution in [0.3, 0.4) is 0 Å². The van der Waals surface area contributed by atoms with Crippen LogP contribution in [0.5, 0.6) is 0 Å². The van der Waals surface area contributed by atoms with E-state index in [0.717, 1.165) is 29.3 Å². The average molecular weight is 346 g/mol. The van der Waals surface area contributed by atoms with Gasteiger partial charge in [0.05, 0.1) is 11.7 Å². The maximum Gasteiger partial charge on any atom is 0.227 e. The molecule has 4 rings (SSSR count). The van der Waals surface area contributed by atoms with Crippen molar-refractivity contribution in [1.82, 2.24) is 9.88 Å². The molecule has 3 heterocycles. The molecule has 2 aliphatic heterocycles. The zero-order chi connectivity index (χ0) is 16.9. The first-order valence-electron chi connectivity index (χ1n) is 8.48. The van der Waals surface area contributed by atoms with E-state index in [1.807, 2.05) is 35.4 Å². The van der Waals surface area contributed by atoms with Crippen molar-refractivity contribution in [3.8, 4) is 0 Å². The minimum Gasteiger partial charge on any atom is -0.361 e. The number of hydrogen-bond acceptors (Lipinski definition) is 3. The molecule has 2 unspecified atom stereocenters. The van der Waals surface area contributed by atoms with Crippen LogP contribution in [0.15, 0.2) is 30.5 Å². The molecule has 1 amide bonds. The number of nitrogens with one attached hydrogen (secondary N) is 1. The summed E-state index contributed by atoms with van der Waals surface area (Å²) < 4.78 is 23.8. The van der Waals surface area contributed by atoms with Gasteiger partial charge in [0, 0.05) is 35.4 Å². The lowest BCUT2D eigenvalue weighted by Gasteiger charge is -2.38. The predicted octanol–water partition coefficient (Wildman–Crippen LogP) is 2.28. The Labute approximate surface area is 142 Å². The first-order valence-corrected chi connectivity index (χ1v) is 10.4. The maximum absolute atomic E-state index is 12.9. The number of piperidine rings is 1. The zero-order valence-corrected chi connectivity index (χ0v) is 14.6. The summed E-state index contributed by atoms with van der Waals surface area (Å²) in [6, 6.07) is 8.15. The molecule has 1 aromatic carbocycles. The summed E-state index contributed by atoms with van der Waals surface area (Å²) in [6.07, 6.45) is 6.64. The molecular formula is C18H22N2O3S. The molecule has 1 N–H and O–H groups in total. The summed E-state index contributed by atoms with van der Waals surface area (Å²) >= 11 is 0. The molecule has 128 valence electrons. The molecule has 6 heteroatoms. The summed E-state index contributed by atoms with van der Waals surface area (Å²) in [5.74, 6) is 0.124. The molecular weight excluding hydrogens is 324 g/mol. The fraction of sp³-hybridized carbons (Fsp3) is 0.500. The van der Waals surface area contributed by atoms with Gasteiger partial charge in [-0.15, -0.1) is 0 Å². The number of rotatable bonds is 3. The van der Waals surface area contributed by atoms with Crippen molar-refractivity contribution >= 4 is 26.6 Å². The molecule has 0 saturated carbocycles. The van der Waals surface area contributed by atoms with Crippen LogP contribution in [-0.2, 0) is 21.1 Å². The first kappa shape index (κ1) is 15.7. The smallest absolute Gasteiger partial charge is 0.227 e. The van der Waals surface area contributed by atoms with Gasteiger partial charge in [-0.05, 0) is 37.3 Å². The van der Waals surface area contributed by atoms with Crippen LogP contribution in [0, 0.1) is 0 Å². The van der Waals surface area contributed by atoms with Gasteiger partial charge in [-0.1, -0.05) is 18.2 Å². The Morgan fingerprint density at radius 1 is 1.21 bits per heavy atom. The van der Waals surface area contributed by atoms with Crippen LogP contribution in [0.4, 0.5) is 0 Å². The number of carbonyl (C=O) groups is 1. The van der Waals surface area contributed by atoms with Crippen molar-refractivity contribution in [2.24, 2.45) is 0 Å². The Morgan fingerprint density at radius 3 is 2.54 bits per heavy atom. The monoisotopic (exact) mass is 346 g/mol. The van der Waals surface area contributed by atoms with E-state index in [1.165, 1.54) is 6.26 Å². The Balaban J connectivity index is 1.54. The topological polar surface area (TPSA) is 70.2 Å². The largest absolute Gasteiger partial charge is 0.361 e. The molecule has 0 aliphatic carbocycles. The second-order valence-corrected chi connectivity index (χ2v) is 9.47. The van der Waals surface area contributed by atoms with Crippen molar-refractivity contribution in [2.45, 2.75) is 49.4 Å². The van der Waals surface area contributed by atoms with Crippen molar-refractivity contribution in [1.29, 1.82) is 0 Å². The van der Waals surface area contributed by atoms with E-state index in [-0.39, 0.29) is 23.2 Å². The van der Waals surface area contributed by atoms with Crippen LogP contribution in [0.25, 0.3) is 10.9 Å². The Morgan fingerprint density at radius 2 is 1.88 bits per heavy atom. The second kappa shape index (κ2) is 5.62. The highest BCUT2D eigenvalue weighted by Gasteiger charge is 2.45. The molecule has 0 radical (unpaired) electrons. The summed E-state index contributed by atoms with van der Waals surface area (Å²) in [5.41, 5.74) is 2.05. The number of fused-ring (bicyclic) bond motifs is 3. The van der Waals surface area contributed by atoms with Crippen LogP contribution in [0.1, 0.15) is 31.2 Å². The van der Waals surface area contributed by atoms with Gasteiger partial charge in [0.15, 0.2) is 0 Å². The lowest BCUT2D eigenvalue weighted by molar-refractivity contribution is -0.134. The number of carbonyl (C=O) groups excluding carboxylic acids is 1. The van der Waals surface area contributed by atoms with E-state index in [0.29, 0.717) is 19.3 Å². The number of H-pyrrole nitrogens is 1. The Hall–Kier alpha value is -1.82. The minimum absolute atomic E-state index is 0.0844. The fourth-order valence-electron chi connectivity index (χ4n) is 4.42. The quantitative estimate of drug-likeness (QED) is 0.927. The lowest BCUT2D eigenvalue weighted by atomic mass is 10.0. The van der Waals surface area contributed by atoms with Gasteiger partial charge in [0.25, 0.3) is 0 Å². The normalized spacial score (nSPS) is 26.9. The summed E-state index contributed by atoms with van der Waals surface area (Å²) in [4.78, 5) is 18.1. The third kappa shape index (κ3) is 2.62. The molecule has 1 aromatic heterocycles. The van der Waals surface area contributed by atoms with Gasteiger partial charge >= 0.3 is 0 Å². The molecule has 24 heavy (non-hydrogen) atoms. The van der Waals surface area contributed by atoms with Crippen molar-refractivity contribution in [3.63, 3.8) is 0 Å². The predicted molar refractivity (Wildman–Crippen MR) is 93.5 cm³/mol. The van der Waals surface area contributed by atoms with E-state index in [1.54, 1.807) is 0 Å². The van der Waals surface area contributed by atoms with E-state index >= 15 is 0 Å². The average Bonchev–Trinajstić information content (AvgIpc) is 3.05. The highest BCUT2D eigenvalue weighted by Crippen LogP contribution is 2.38. The lowest BCUT2D eigenvalue weighted by Crippen LogP contribution is -2.50. The number of sulfone groups is 1. The van der Waals surface area contributed by atoms with Gasteiger partial charge in [-0.25, -0.2) is 8.42 Å². The number of hydrogen-bond donors (Lipinski definition) is 1. The molecule has 5 nitrogen and oxygen atoms in total. The third-order valence-corrected chi connectivity index (χ3v) is 7.20. The summed E-state index contributed by atoms with van der Waals surface area (Å²) in [6.45, 7) is 0. The van der Waals surface area contributed by atoms with Gasteiger partial charge in [0.2, 0.25) is 5.91 Å². The summed E-state index contributed by atoms with van der Waals surface area (Å²) in [7, 11) is -3.02. The molecule has 0 spiro atoms. The number of aromatic nitrogens is 1. The number of aromatic amines is 1. The number of amides is 1. The number of benzene rings is 1. The van der Waals surface area contributed by atoms with Crippen molar-refractivity contribution in [2.75, 3.05) is 6.26 Å². The molecule has 2 bridgehead atoms. The third-order valence-electron chi connectivity index (χ3n) is 5.60. The summed E-state index contributed by atoms with van der Waals surface area (Å²) in [5, 5.41) is 0.802. The van der Waals surface area contributed by atoms with E-state index in [9.17, 15) is 13.2 Å². The second-order valence-electron chi connectivity index (χ2n) is 7.15. The van der Waals surface area contributed by atoms with E-state index in [4.69, 9.17) is 0 Å². The van der Waals surface area contributed by atoms with Gasteiger partial charge < -0.3 is 9.88 Å². The van der Waals surface area contributed by atoms with Gasteiger partial charge in [0.1, 0.15) is 9.84 Å². The molecule has 2 atom stereocenters. The highest BCUT2D eigenvalue weighted by atomic mass is 32.2. The Kier molecular flexibility index (Phi) is 3.67. The standard InChI is InChI=1S/C18H22N2O3S/c1-24(22,23)15-9-13-6-7-14(10-15)20(13)18(21)8-12-11-19-17-5-3-2-4-16(12)17/h2-5,11,13-15,19H,6-10H2,1H3. The van der Waals surface area contributed by atoms with Crippen LogP contribution in [0.2, 0.25) is 0 Å². The van der Waals surface area contributed by atoms with Crippen LogP contribution in [-0.4, -0.2) is 47.8 Å². The Bertz CT molecular complexity index is 873. The van der Waals surface area contributed by atoms with Crippen molar-refractivity contribution < 1.29 is 13.2 Å². The first-order chi connectivity index (χ1) is 11.4. The fourth-order valence-corrected chi connectivity index (χ4v) is 5.56. The SMILES string of the molecule is CS(=O)(=O)C1CC2CCC(C1)N2C(=O)Cc1c[nH]c2ccccc12. The maximum atomic E-state index is 12.9. The number of nitrogens with zero attached hydrogens (tertiary/aromatic N) is 1. The van der Waals surface area contributed by atoms with E-state index in [2.05, 4.69) is 4.98 Å². The van der Waals surface area contributed by atoms with Crippen LogP contribution < -0.4 is 0 Å². The van der Waals surface area contributed by atoms with Gasteiger partial charge in [-0.3, -0.25) is 4.79 Å². The molecule has 2 saturated heterocycles. The molecule has 2 fully saturated rings. The van der Waals surface area contributed by atoms with Crippen LogP contribution >= 0.6 is 0 Å². The minimum atomic E-state index is -3.02. The molecule has 2 aromatic rings. The van der Waals surface area contributed by atoms with Gasteiger partial charge in [-0.2, -0.15) is 0 Å².